The van der Waals surface area contributed by atoms with Crippen molar-refractivity contribution in [1.29, 1.82) is 0 Å². The topological polar surface area (TPSA) is 70.8 Å². The second-order valence-electron chi connectivity index (χ2n) is 7.36. The first-order chi connectivity index (χ1) is 15.6. The Bertz CT molecular complexity index is 1260. The molecule has 6 nitrogen and oxygen atoms in total. The molecule has 11 heteroatoms. The molecule has 0 N–H and O–H groups in total. The fourth-order valence-electron chi connectivity index (χ4n) is 3.51. The highest BCUT2D eigenvalue weighted by Gasteiger charge is 2.33. The maximum atomic E-state index is 13.9. The zero-order valence-corrected chi connectivity index (χ0v) is 17.9. The molecule has 1 amide bonds. The lowest BCUT2D eigenvalue weighted by Crippen LogP contribution is -2.50. The number of benzene rings is 2. The molecule has 0 unspecified atom stereocenters. The third kappa shape index (κ3) is 4.64. The zero-order valence-electron chi connectivity index (χ0n) is 17.0. The van der Waals surface area contributed by atoms with E-state index in [0.717, 1.165) is 28.6 Å². The molecule has 1 aliphatic heterocycles. The van der Waals surface area contributed by atoms with Gasteiger partial charge in [-0.15, -0.1) is 0 Å². The van der Waals surface area contributed by atoms with Crippen LogP contribution in [0.15, 0.2) is 70.0 Å². The van der Waals surface area contributed by atoms with Gasteiger partial charge in [0.1, 0.15) is 11.6 Å². The molecule has 1 aliphatic rings. The van der Waals surface area contributed by atoms with E-state index >= 15 is 0 Å². The first-order valence-electron chi connectivity index (χ1n) is 9.89. The van der Waals surface area contributed by atoms with Crippen molar-refractivity contribution in [3.05, 3.63) is 77.8 Å². The number of carbonyl (C=O) groups excluding carboxylic acids is 1. The second-order valence-corrected chi connectivity index (χ2v) is 9.30. The van der Waals surface area contributed by atoms with Crippen LogP contribution >= 0.6 is 0 Å². The summed E-state index contributed by atoms with van der Waals surface area (Å²) in [5.41, 5.74) is -0.728. The number of nitrogens with zero attached hydrogens (tertiary/aromatic N) is 2. The minimum Gasteiger partial charge on any atom is -0.451 e. The fraction of sp³-hybridized carbons (Fsp3) is 0.227. The average molecular weight is 482 g/mol. The predicted molar refractivity (Wildman–Crippen MR) is 110 cm³/mol. The van der Waals surface area contributed by atoms with Gasteiger partial charge in [-0.3, -0.25) is 4.79 Å². The molecule has 0 radical (unpaired) electrons. The number of piperazine rings is 1. The van der Waals surface area contributed by atoms with E-state index in [-0.39, 0.29) is 48.2 Å². The van der Waals surface area contributed by atoms with Crippen LogP contribution in [0.5, 0.6) is 0 Å². The predicted octanol–water partition coefficient (Wildman–Crippen LogP) is 4.25. The molecule has 3 aromatic rings. The van der Waals surface area contributed by atoms with Gasteiger partial charge in [-0.1, -0.05) is 12.1 Å². The Morgan fingerprint density at radius 2 is 1.52 bits per heavy atom. The largest absolute Gasteiger partial charge is 0.451 e. The summed E-state index contributed by atoms with van der Waals surface area (Å²) in [7, 11) is -4.01. The zero-order chi connectivity index (χ0) is 23.8. The highest BCUT2D eigenvalue weighted by atomic mass is 32.2. The fourth-order valence-corrected chi connectivity index (χ4v) is 4.93. The number of carbonyl (C=O) groups is 1. The van der Waals surface area contributed by atoms with Crippen molar-refractivity contribution in [2.24, 2.45) is 0 Å². The molecule has 1 fully saturated rings. The molecule has 1 saturated heterocycles. The number of sulfonamides is 1. The first kappa shape index (κ1) is 23.0. The van der Waals surface area contributed by atoms with Crippen LogP contribution in [-0.4, -0.2) is 49.7 Å². The molecule has 0 saturated carbocycles. The highest BCUT2D eigenvalue weighted by molar-refractivity contribution is 7.89. The van der Waals surface area contributed by atoms with Crippen molar-refractivity contribution in [3.63, 3.8) is 0 Å². The van der Waals surface area contributed by atoms with Crippen LogP contribution < -0.4 is 0 Å². The standard InChI is InChI=1S/C22H18F4N2O4S/c23-18-4-2-1-3-17(18)19-9-10-20(32-19)21(29)27-11-13-28(14-12-27)33(30,31)16-7-5-15(6-8-16)22(24,25)26/h1-10H,11-14H2. The molecular formula is C22H18F4N2O4S. The number of halogens is 4. The smallest absolute Gasteiger partial charge is 0.416 e. The number of amides is 1. The van der Waals surface area contributed by atoms with Crippen LogP contribution in [0.4, 0.5) is 17.6 Å². The van der Waals surface area contributed by atoms with Gasteiger partial charge in [0.25, 0.3) is 5.91 Å². The summed E-state index contributed by atoms with van der Waals surface area (Å²) >= 11 is 0. The molecule has 0 bridgehead atoms. The van der Waals surface area contributed by atoms with Gasteiger partial charge in [0.15, 0.2) is 5.76 Å². The Balaban J connectivity index is 1.42. The average Bonchev–Trinajstić information content (AvgIpc) is 3.28. The molecule has 1 aromatic heterocycles. The maximum absolute atomic E-state index is 13.9. The van der Waals surface area contributed by atoms with Crippen molar-refractivity contribution < 1.29 is 35.2 Å². The van der Waals surface area contributed by atoms with Crippen molar-refractivity contribution in [1.82, 2.24) is 9.21 Å². The summed E-state index contributed by atoms with van der Waals surface area (Å²) in [5.74, 6) is -0.774. The van der Waals surface area contributed by atoms with Gasteiger partial charge >= 0.3 is 6.18 Å². The minimum atomic E-state index is -4.56. The molecule has 0 spiro atoms. The third-order valence-corrected chi connectivity index (χ3v) is 7.21. The Labute approximate surface area is 187 Å². The normalized spacial score (nSPS) is 15.6. The first-order valence-corrected chi connectivity index (χ1v) is 11.3. The highest BCUT2D eigenvalue weighted by Crippen LogP contribution is 2.30. The van der Waals surface area contributed by atoms with Gasteiger partial charge in [-0.2, -0.15) is 17.5 Å². The molecule has 0 aliphatic carbocycles. The lowest BCUT2D eigenvalue weighted by molar-refractivity contribution is -0.137. The van der Waals surface area contributed by atoms with Gasteiger partial charge < -0.3 is 9.32 Å². The number of hydrogen-bond acceptors (Lipinski definition) is 4. The van der Waals surface area contributed by atoms with Crippen molar-refractivity contribution in [3.8, 4) is 11.3 Å². The number of alkyl halides is 3. The third-order valence-electron chi connectivity index (χ3n) is 5.30. The Kier molecular flexibility index (Phi) is 6.02. The summed E-state index contributed by atoms with van der Waals surface area (Å²) in [6, 6.07) is 12.2. The molecular weight excluding hydrogens is 464 g/mol. The molecule has 4 rings (SSSR count). The van der Waals surface area contributed by atoms with Crippen molar-refractivity contribution in [2.45, 2.75) is 11.1 Å². The summed E-state index contributed by atoms with van der Waals surface area (Å²) < 4.78 is 84.3. The van der Waals surface area contributed by atoms with E-state index in [1.54, 1.807) is 6.07 Å². The monoisotopic (exact) mass is 482 g/mol. The van der Waals surface area contributed by atoms with E-state index in [1.165, 1.54) is 35.2 Å². The second kappa shape index (κ2) is 8.64. The van der Waals surface area contributed by atoms with E-state index in [1.807, 2.05) is 0 Å². The Morgan fingerprint density at radius 1 is 0.879 bits per heavy atom. The SMILES string of the molecule is O=C(c1ccc(-c2ccccc2F)o1)N1CCN(S(=O)(=O)c2ccc(C(F)(F)F)cc2)CC1. The van der Waals surface area contributed by atoms with Gasteiger partial charge in [0.2, 0.25) is 10.0 Å². The van der Waals surface area contributed by atoms with Crippen molar-refractivity contribution >= 4 is 15.9 Å². The molecule has 0 atom stereocenters. The van der Waals surface area contributed by atoms with Gasteiger partial charge in [0.05, 0.1) is 16.0 Å². The molecule has 2 heterocycles. The number of hydrogen-bond donors (Lipinski definition) is 0. The van der Waals surface area contributed by atoms with Gasteiger partial charge in [0, 0.05) is 26.2 Å². The number of furan rings is 1. The summed E-state index contributed by atoms with van der Waals surface area (Å²) in [5, 5.41) is 0. The van der Waals surface area contributed by atoms with Crippen LogP contribution in [-0.2, 0) is 16.2 Å². The van der Waals surface area contributed by atoms with Gasteiger partial charge in [-0.05, 0) is 48.5 Å². The lowest BCUT2D eigenvalue weighted by atomic mass is 10.1. The van der Waals surface area contributed by atoms with E-state index in [4.69, 9.17) is 4.42 Å². The van der Waals surface area contributed by atoms with Gasteiger partial charge in [-0.25, -0.2) is 12.8 Å². The van der Waals surface area contributed by atoms with E-state index in [2.05, 4.69) is 0 Å². The van der Waals surface area contributed by atoms with Crippen LogP contribution in [0.2, 0.25) is 0 Å². The summed E-state index contributed by atoms with van der Waals surface area (Å²) in [6.07, 6.45) is -4.56. The molecule has 174 valence electrons. The Hall–Kier alpha value is -3.18. The van der Waals surface area contributed by atoms with Crippen LogP contribution in [0.3, 0.4) is 0 Å². The van der Waals surface area contributed by atoms with Crippen molar-refractivity contribution in [2.75, 3.05) is 26.2 Å². The van der Waals surface area contributed by atoms with Crippen LogP contribution in [0, 0.1) is 5.82 Å². The minimum absolute atomic E-state index is 0.00713. The number of rotatable bonds is 4. The van der Waals surface area contributed by atoms with E-state index in [9.17, 15) is 30.8 Å². The quantitative estimate of drug-likeness (QED) is 0.522. The lowest BCUT2D eigenvalue weighted by Gasteiger charge is -2.33. The summed E-state index contributed by atoms with van der Waals surface area (Å²) in [4.78, 5) is 13.9. The van der Waals surface area contributed by atoms with Crippen LogP contribution in [0.1, 0.15) is 16.1 Å². The molecule has 33 heavy (non-hydrogen) atoms. The van der Waals surface area contributed by atoms with E-state index < -0.39 is 33.5 Å². The maximum Gasteiger partial charge on any atom is 0.416 e. The van der Waals surface area contributed by atoms with E-state index in [0.29, 0.717) is 0 Å². The van der Waals surface area contributed by atoms with Crippen LogP contribution in [0.25, 0.3) is 11.3 Å². The summed E-state index contributed by atoms with van der Waals surface area (Å²) in [6.45, 7) is 0.0643. The Morgan fingerprint density at radius 3 is 2.12 bits per heavy atom. The molecule has 2 aromatic carbocycles.